The Morgan fingerprint density at radius 2 is 2.08 bits per heavy atom. The second-order valence-electron chi connectivity index (χ2n) is 5.57. The normalized spacial score (nSPS) is 12.3. The summed E-state index contributed by atoms with van der Waals surface area (Å²) in [6, 6.07) is 4.21. The molecule has 0 amide bonds. The van der Waals surface area contributed by atoms with Crippen LogP contribution in [0.25, 0.3) is 11.1 Å². The molecule has 0 aliphatic rings. The molecule has 10 heteroatoms. The van der Waals surface area contributed by atoms with Crippen molar-refractivity contribution in [3.05, 3.63) is 47.0 Å². The van der Waals surface area contributed by atoms with Gasteiger partial charge < -0.3 is 14.1 Å². The minimum absolute atomic E-state index is 0.0130. The molecule has 0 unspecified atom stereocenters. The van der Waals surface area contributed by atoms with E-state index in [2.05, 4.69) is 4.98 Å². The number of aliphatic hydroxyl groups is 1. The second-order valence-corrected chi connectivity index (χ2v) is 7.51. The Labute approximate surface area is 143 Å². The minimum atomic E-state index is -3.89. The molecule has 25 heavy (non-hydrogen) atoms. The lowest BCUT2D eigenvalue weighted by molar-refractivity contribution is 0.248. The highest BCUT2D eigenvalue weighted by atomic mass is 32.2. The van der Waals surface area contributed by atoms with E-state index in [1.807, 2.05) is 0 Å². The molecule has 0 aliphatic carbocycles. The number of aromatic nitrogens is 3. The number of nitrogens with zero attached hydrogens (tertiary/aromatic N) is 4. The first kappa shape index (κ1) is 17.4. The molecule has 2 heterocycles. The van der Waals surface area contributed by atoms with Gasteiger partial charge in [-0.1, -0.05) is 0 Å². The zero-order chi connectivity index (χ0) is 18.2. The summed E-state index contributed by atoms with van der Waals surface area (Å²) in [5.41, 5.74) is 0.691. The van der Waals surface area contributed by atoms with E-state index in [4.69, 9.17) is 4.42 Å². The predicted octanol–water partition coefficient (Wildman–Crippen LogP) is 0.0482. The van der Waals surface area contributed by atoms with Crippen LogP contribution in [0.3, 0.4) is 0 Å². The Morgan fingerprint density at radius 3 is 2.72 bits per heavy atom. The van der Waals surface area contributed by atoms with Crippen molar-refractivity contribution in [1.82, 2.24) is 18.4 Å². The van der Waals surface area contributed by atoms with Crippen molar-refractivity contribution in [3.8, 4) is 0 Å². The third-order valence-electron chi connectivity index (χ3n) is 3.99. The molecule has 9 nitrogen and oxygen atoms in total. The molecule has 0 bridgehead atoms. The van der Waals surface area contributed by atoms with Crippen molar-refractivity contribution in [2.45, 2.75) is 11.4 Å². The standard InChI is InChI=1S/C15H18N4O5S/c1-17-6-5-16-14(17)10-19(7-8-20)25(22,23)11-3-4-13-12(9-11)18(2)15(21)24-13/h3-6,9,20H,7-8,10H2,1-2H3. The molecule has 0 atom stereocenters. The van der Waals surface area contributed by atoms with E-state index < -0.39 is 15.8 Å². The highest BCUT2D eigenvalue weighted by molar-refractivity contribution is 7.89. The van der Waals surface area contributed by atoms with Gasteiger partial charge in [-0.15, -0.1) is 0 Å². The smallest absolute Gasteiger partial charge is 0.408 e. The summed E-state index contributed by atoms with van der Waals surface area (Å²) in [5, 5.41) is 9.27. The van der Waals surface area contributed by atoms with E-state index in [0.717, 1.165) is 4.31 Å². The largest absolute Gasteiger partial charge is 0.419 e. The van der Waals surface area contributed by atoms with Crippen LogP contribution in [0.1, 0.15) is 5.82 Å². The summed E-state index contributed by atoms with van der Waals surface area (Å²) in [6.07, 6.45) is 3.29. The molecule has 134 valence electrons. The topological polar surface area (TPSA) is 111 Å². The average Bonchev–Trinajstić information content (AvgIpc) is 3.10. The first-order valence-corrected chi connectivity index (χ1v) is 8.95. The van der Waals surface area contributed by atoms with Crippen molar-refractivity contribution in [2.75, 3.05) is 13.2 Å². The number of imidazole rings is 1. The number of aryl methyl sites for hydroxylation is 2. The van der Waals surface area contributed by atoms with Gasteiger partial charge in [-0.3, -0.25) is 4.57 Å². The SMILES string of the molecule is Cn1ccnc1CN(CCO)S(=O)(=O)c1ccc2oc(=O)n(C)c2c1. The highest BCUT2D eigenvalue weighted by Gasteiger charge is 2.26. The molecule has 0 saturated heterocycles. The average molecular weight is 366 g/mol. The van der Waals surface area contributed by atoms with Gasteiger partial charge in [0.2, 0.25) is 10.0 Å². The molecule has 0 radical (unpaired) electrons. The molecule has 0 aliphatic heterocycles. The second kappa shape index (κ2) is 6.47. The fourth-order valence-corrected chi connectivity index (χ4v) is 3.92. The van der Waals surface area contributed by atoms with Gasteiger partial charge in [0.25, 0.3) is 0 Å². The highest BCUT2D eigenvalue weighted by Crippen LogP contribution is 2.22. The number of sulfonamides is 1. The summed E-state index contributed by atoms with van der Waals surface area (Å²) in [6.45, 7) is -0.373. The number of aliphatic hydroxyl groups excluding tert-OH is 1. The van der Waals surface area contributed by atoms with Gasteiger partial charge in [0.1, 0.15) is 5.82 Å². The number of hydrogen-bond donors (Lipinski definition) is 1. The van der Waals surface area contributed by atoms with Gasteiger partial charge in [0, 0.05) is 33.0 Å². The zero-order valence-electron chi connectivity index (χ0n) is 13.8. The van der Waals surface area contributed by atoms with Gasteiger partial charge in [-0.05, 0) is 18.2 Å². The number of rotatable bonds is 6. The van der Waals surface area contributed by atoms with E-state index in [1.54, 1.807) is 24.0 Å². The maximum Gasteiger partial charge on any atom is 0.419 e. The molecule has 1 aromatic carbocycles. The summed E-state index contributed by atoms with van der Waals surface area (Å²) >= 11 is 0. The Morgan fingerprint density at radius 1 is 1.32 bits per heavy atom. The molecule has 3 rings (SSSR count). The van der Waals surface area contributed by atoms with E-state index in [-0.39, 0.29) is 24.6 Å². The molecule has 2 aromatic heterocycles. The van der Waals surface area contributed by atoms with Crippen molar-refractivity contribution in [3.63, 3.8) is 0 Å². The maximum absolute atomic E-state index is 13.0. The first-order chi connectivity index (χ1) is 11.8. The molecular weight excluding hydrogens is 348 g/mol. The van der Waals surface area contributed by atoms with Gasteiger partial charge in [0.05, 0.1) is 23.6 Å². The van der Waals surface area contributed by atoms with Gasteiger partial charge in [-0.25, -0.2) is 18.2 Å². The molecule has 1 N–H and O–H groups in total. The van der Waals surface area contributed by atoms with Crippen molar-refractivity contribution in [1.29, 1.82) is 0 Å². The van der Waals surface area contributed by atoms with Gasteiger partial charge in [-0.2, -0.15) is 4.31 Å². The van der Waals surface area contributed by atoms with Gasteiger partial charge in [0.15, 0.2) is 5.58 Å². The number of hydrogen-bond acceptors (Lipinski definition) is 6. The molecular formula is C15H18N4O5S. The van der Waals surface area contributed by atoms with Crippen LogP contribution in [0.5, 0.6) is 0 Å². The summed E-state index contributed by atoms with van der Waals surface area (Å²) in [7, 11) is -0.625. The Kier molecular flexibility index (Phi) is 4.50. The fraction of sp³-hybridized carbons (Fsp3) is 0.333. The monoisotopic (exact) mass is 366 g/mol. The van der Waals surface area contributed by atoms with Crippen LogP contribution in [0.15, 0.2) is 44.7 Å². The third kappa shape index (κ3) is 3.11. The maximum atomic E-state index is 13.0. The number of benzene rings is 1. The van der Waals surface area contributed by atoms with E-state index in [9.17, 15) is 18.3 Å². The van der Waals surface area contributed by atoms with E-state index in [0.29, 0.717) is 16.9 Å². The first-order valence-electron chi connectivity index (χ1n) is 7.51. The Hall–Kier alpha value is -2.43. The van der Waals surface area contributed by atoms with Crippen LogP contribution in [0.4, 0.5) is 0 Å². The molecule has 3 aromatic rings. The lowest BCUT2D eigenvalue weighted by atomic mass is 10.3. The Balaban J connectivity index is 2.04. The van der Waals surface area contributed by atoms with Crippen LogP contribution in [-0.4, -0.2) is 45.1 Å². The van der Waals surface area contributed by atoms with Crippen LogP contribution >= 0.6 is 0 Å². The summed E-state index contributed by atoms with van der Waals surface area (Å²) in [4.78, 5) is 15.7. The minimum Gasteiger partial charge on any atom is -0.408 e. The van der Waals surface area contributed by atoms with Crippen LogP contribution in [0, 0.1) is 0 Å². The van der Waals surface area contributed by atoms with Gasteiger partial charge >= 0.3 is 5.76 Å². The summed E-state index contributed by atoms with van der Waals surface area (Å²) < 4.78 is 35.1. The van der Waals surface area contributed by atoms with Crippen molar-refractivity contribution in [2.24, 2.45) is 14.1 Å². The van der Waals surface area contributed by atoms with Crippen molar-refractivity contribution >= 4 is 21.1 Å². The van der Waals surface area contributed by atoms with E-state index in [1.165, 1.54) is 29.8 Å². The number of fused-ring (bicyclic) bond motifs is 1. The lowest BCUT2D eigenvalue weighted by Gasteiger charge is -2.21. The zero-order valence-corrected chi connectivity index (χ0v) is 14.6. The van der Waals surface area contributed by atoms with E-state index >= 15 is 0 Å². The van der Waals surface area contributed by atoms with Crippen LogP contribution in [-0.2, 0) is 30.7 Å². The fourth-order valence-electron chi connectivity index (χ4n) is 2.52. The van der Waals surface area contributed by atoms with Crippen LogP contribution in [0.2, 0.25) is 0 Å². The van der Waals surface area contributed by atoms with Crippen LogP contribution < -0.4 is 5.76 Å². The predicted molar refractivity (Wildman–Crippen MR) is 89.3 cm³/mol. The lowest BCUT2D eigenvalue weighted by Crippen LogP contribution is -2.34. The summed E-state index contributed by atoms with van der Waals surface area (Å²) in [5.74, 6) is -0.0152. The Bertz CT molecular complexity index is 1060. The third-order valence-corrected chi connectivity index (χ3v) is 5.83. The molecule has 0 spiro atoms. The van der Waals surface area contributed by atoms with Crippen molar-refractivity contribution < 1.29 is 17.9 Å². The molecule has 0 fully saturated rings. The number of oxazole rings is 1. The molecule has 0 saturated carbocycles. The quantitative estimate of drug-likeness (QED) is 0.660.